The van der Waals surface area contributed by atoms with Gasteiger partial charge in [0.15, 0.2) is 0 Å². The van der Waals surface area contributed by atoms with Gasteiger partial charge in [0.1, 0.15) is 6.04 Å². The first kappa shape index (κ1) is 12.0. The van der Waals surface area contributed by atoms with Gasteiger partial charge in [-0.3, -0.25) is 4.79 Å². The van der Waals surface area contributed by atoms with Crippen molar-refractivity contribution in [1.82, 2.24) is 10.6 Å². The molecule has 0 bridgehead atoms. The molecular formula is C11H15ClN2O. The van der Waals surface area contributed by atoms with Gasteiger partial charge < -0.3 is 10.6 Å². The fourth-order valence-electron chi connectivity index (χ4n) is 1.38. The van der Waals surface area contributed by atoms with Gasteiger partial charge in [-0.05, 0) is 31.7 Å². The van der Waals surface area contributed by atoms with Crippen molar-refractivity contribution in [2.75, 3.05) is 13.6 Å². The van der Waals surface area contributed by atoms with E-state index in [9.17, 15) is 4.79 Å². The molecule has 0 saturated carbocycles. The largest absolute Gasteiger partial charge is 0.355 e. The molecule has 0 radical (unpaired) electrons. The Hall–Kier alpha value is -1.06. The number of amides is 1. The molecular weight excluding hydrogens is 212 g/mol. The van der Waals surface area contributed by atoms with Crippen LogP contribution in [0.2, 0.25) is 5.02 Å². The molecule has 0 heterocycles. The highest BCUT2D eigenvalue weighted by molar-refractivity contribution is 6.30. The number of benzene rings is 1. The van der Waals surface area contributed by atoms with E-state index < -0.39 is 0 Å². The summed E-state index contributed by atoms with van der Waals surface area (Å²) in [5.41, 5.74) is 0.910. The summed E-state index contributed by atoms with van der Waals surface area (Å²) in [6, 6.07) is 6.93. The van der Waals surface area contributed by atoms with Gasteiger partial charge in [0.2, 0.25) is 5.91 Å². The monoisotopic (exact) mass is 226 g/mol. The van der Waals surface area contributed by atoms with Crippen LogP contribution in [0, 0.1) is 0 Å². The summed E-state index contributed by atoms with van der Waals surface area (Å²) < 4.78 is 0. The zero-order valence-corrected chi connectivity index (χ0v) is 9.64. The van der Waals surface area contributed by atoms with E-state index in [2.05, 4.69) is 10.6 Å². The van der Waals surface area contributed by atoms with E-state index >= 15 is 0 Å². The number of halogens is 1. The number of carbonyl (C=O) groups excluding carboxylic acids is 1. The van der Waals surface area contributed by atoms with E-state index in [1.807, 2.05) is 19.1 Å². The molecule has 0 aliphatic carbocycles. The molecule has 15 heavy (non-hydrogen) atoms. The molecule has 2 N–H and O–H groups in total. The van der Waals surface area contributed by atoms with Gasteiger partial charge in [-0.2, -0.15) is 0 Å². The van der Waals surface area contributed by atoms with Crippen molar-refractivity contribution in [3.8, 4) is 0 Å². The van der Waals surface area contributed by atoms with Gasteiger partial charge in [-0.15, -0.1) is 0 Å². The zero-order chi connectivity index (χ0) is 11.3. The molecule has 0 aliphatic rings. The van der Waals surface area contributed by atoms with Crippen molar-refractivity contribution in [3.05, 3.63) is 34.9 Å². The van der Waals surface area contributed by atoms with Crippen LogP contribution in [-0.4, -0.2) is 19.5 Å². The SMILES string of the molecule is CCNC(=O)C(NC)c1ccc(Cl)cc1. The number of carbonyl (C=O) groups is 1. The zero-order valence-electron chi connectivity index (χ0n) is 8.88. The van der Waals surface area contributed by atoms with E-state index in [1.54, 1.807) is 19.2 Å². The van der Waals surface area contributed by atoms with E-state index in [1.165, 1.54) is 0 Å². The highest BCUT2D eigenvalue weighted by Gasteiger charge is 2.17. The molecule has 0 saturated heterocycles. The van der Waals surface area contributed by atoms with Crippen LogP contribution in [-0.2, 0) is 4.79 Å². The lowest BCUT2D eigenvalue weighted by molar-refractivity contribution is -0.123. The van der Waals surface area contributed by atoms with Gasteiger partial charge >= 0.3 is 0 Å². The molecule has 0 spiro atoms. The lowest BCUT2D eigenvalue weighted by Crippen LogP contribution is -2.35. The van der Waals surface area contributed by atoms with Crippen LogP contribution in [0.4, 0.5) is 0 Å². The number of rotatable bonds is 4. The molecule has 0 aliphatic heterocycles. The van der Waals surface area contributed by atoms with Crippen LogP contribution >= 0.6 is 11.6 Å². The average molecular weight is 227 g/mol. The Labute approximate surface area is 94.8 Å². The molecule has 3 nitrogen and oxygen atoms in total. The maximum Gasteiger partial charge on any atom is 0.241 e. The molecule has 4 heteroatoms. The maximum absolute atomic E-state index is 11.7. The predicted molar refractivity (Wildman–Crippen MR) is 61.9 cm³/mol. The molecule has 1 atom stereocenters. The Morgan fingerprint density at radius 1 is 1.40 bits per heavy atom. The highest BCUT2D eigenvalue weighted by Crippen LogP contribution is 2.16. The van der Waals surface area contributed by atoms with Crippen LogP contribution in [0.5, 0.6) is 0 Å². The molecule has 82 valence electrons. The predicted octanol–water partition coefficient (Wildman–Crippen LogP) is 1.74. The Balaban J connectivity index is 2.82. The van der Waals surface area contributed by atoms with Crippen molar-refractivity contribution in [2.24, 2.45) is 0 Å². The highest BCUT2D eigenvalue weighted by atomic mass is 35.5. The Bertz CT molecular complexity index is 324. The average Bonchev–Trinajstić information content (AvgIpc) is 2.22. The van der Waals surface area contributed by atoms with Crippen molar-refractivity contribution >= 4 is 17.5 Å². The van der Waals surface area contributed by atoms with Gasteiger partial charge in [0, 0.05) is 11.6 Å². The van der Waals surface area contributed by atoms with Gasteiger partial charge in [0.25, 0.3) is 0 Å². The van der Waals surface area contributed by atoms with Crippen LogP contribution in [0.1, 0.15) is 18.5 Å². The quantitative estimate of drug-likeness (QED) is 0.821. The molecule has 1 aromatic rings. The van der Waals surface area contributed by atoms with E-state index in [0.717, 1.165) is 5.56 Å². The molecule has 1 rings (SSSR count). The van der Waals surface area contributed by atoms with E-state index in [0.29, 0.717) is 11.6 Å². The summed E-state index contributed by atoms with van der Waals surface area (Å²) >= 11 is 5.78. The minimum absolute atomic E-state index is 0.0256. The Kier molecular flexibility index (Phi) is 4.59. The third kappa shape index (κ3) is 3.22. The standard InChI is InChI=1S/C11H15ClN2O/c1-3-14-11(15)10(13-2)8-4-6-9(12)7-5-8/h4-7,10,13H,3H2,1-2H3,(H,14,15). The number of hydrogen-bond acceptors (Lipinski definition) is 2. The molecule has 1 unspecified atom stereocenters. The van der Waals surface area contributed by atoms with Gasteiger partial charge in [0.05, 0.1) is 0 Å². The summed E-state index contributed by atoms with van der Waals surface area (Å²) in [7, 11) is 1.76. The van der Waals surface area contributed by atoms with Crippen LogP contribution in [0.25, 0.3) is 0 Å². The second-order valence-electron chi connectivity index (χ2n) is 3.17. The van der Waals surface area contributed by atoms with E-state index in [4.69, 9.17) is 11.6 Å². The Morgan fingerprint density at radius 3 is 2.47 bits per heavy atom. The van der Waals surface area contributed by atoms with Crippen molar-refractivity contribution in [3.63, 3.8) is 0 Å². The first-order chi connectivity index (χ1) is 7.19. The summed E-state index contributed by atoms with van der Waals surface area (Å²) in [5.74, 6) is -0.0256. The summed E-state index contributed by atoms with van der Waals surface area (Å²) in [4.78, 5) is 11.7. The van der Waals surface area contributed by atoms with Crippen LogP contribution in [0.15, 0.2) is 24.3 Å². The van der Waals surface area contributed by atoms with Crippen molar-refractivity contribution < 1.29 is 4.79 Å². The van der Waals surface area contributed by atoms with Gasteiger partial charge in [-0.25, -0.2) is 0 Å². The second-order valence-corrected chi connectivity index (χ2v) is 3.60. The fraction of sp³-hybridized carbons (Fsp3) is 0.364. The minimum atomic E-state index is -0.317. The summed E-state index contributed by atoms with van der Waals surface area (Å²) in [6.45, 7) is 2.52. The van der Waals surface area contributed by atoms with Crippen LogP contribution in [0.3, 0.4) is 0 Å². The molecule has 0 aromatic heterocycles. The van der Waals surface area contributed by atoms with Crippen molar-refractivity contribution in [1.29, 1.82) is 0 Å². The third-order valence-corrected chi connectivity index (χ3v) is 2.36. The number of likely N-dealkylation sites (N-methyl/N-ethyl adjacent to an activating group) is 2. The normalized spacial score (nSPS) is 12.2. The minimum Gasteiger partial charge on any atom is -0.355 e. The van der Waals surface area contributed by atoms with Crippen molar-refractivity contribution in [2.45, 2.75) is 13.0 Å². The molecule has 0 fully saturated rings. The molecule has 1 amide bonds. The Morgan fingerprint density at radius 2 is 2.00 bits per heavy atom. The van der Waals surface area contributed by atoms with Gasteiger partial charge in [-0.1, -0.05) is 23.7 Å². The number of hydrogen-bond donors (Lipinski definition) is 2. The smallest absolute Gasteiger partial charge is 0.241 e. The topological polar surface area (TPSA) is 41.1 Å². The summed E-state index contributed by atoms with van der Waals surface area (Å²) in [6.07, 6.45) is 0. The third-order valence-electron chi connectivity index (χ3n) is 2.11. The second kappa shape index (κ2) is 5.73. The first-order valence-electron chi connectivity index (χ1n) is 4.89. The lowest BCUT2D eigenvalue weighted by atomic mass is 10.1. The van der Waals surface area contributed by atoms with E-state index in [-0.39, 0.29) is 11.9 Å². The van der Waals surface area contributed by atoms with Crippen LogP contribution < -0.4 is 10.6 Å². The fourth-order valence-corrected chi connectivity index (χ4v) is 1.51. The maximum atomic E-state index is 11.7. The summed E-state index contributed by atoms with van der Waals surface area (Å²) in [5, 5.41) is 6.41. The molecule has 1 aromatic carbocycles. The number of nitrogens with one attached hydrogen (secondary N) is 2. The lowest BCUT2D eigenvalue weighted by Gasteiger charge is -2.15. The first-order valence-corrected chi connectivity index (χ1v) is 5.27.